The van der Waals surface area contributed by atoms with Crippen molar-refractivity contribution in [1.82, 2.24) is 10.4 Å². The lowest BCUT2D eigenvalue weighted by molar-refractivity contribution is -0.148. The van der Waals surface area contributed by atoms with E-state index >= 15 is 0 Å². The molecule has 42 heavy (non-hydrogen) atoms. The highest BCUT2D eigenvalue weighted by Gasteiger charge is 2.32. The predicted molar refractivity (Wildman–Crippen MR) is 154 cm³/mol. The molecule has 0 aromatic heterocycles. The van der Waals surface area contributed by atoms with E-state index in [1.165, 1.54) is 37.4 Å². The summed E-state index contributed by atoms with van der Waals surface area (Å²) in [6.07, 6.45) is 3.90. The second-order valence-electron chi connectivity index (χ2n) is 9.92. The van der Waals surface area contributed by atoms with Crippen LogP contribution in [0.3, 0.4) is 0 Å². The molecule has 0 aliphatic heterocycles. The molecule has 1 fully saturated rings. The first-order chi connectivity index (χ1) is 20.1. The molecule has 12 heteroatoms. The van der Waals surface area contributed by atoms with Gasteiger partial charge in [0.15, 0.2) is 0 Å². The molecular formula is C30H32N4O8. The number of aliphatic carboxylic acids is 1. The number of fused-ring (bicyclic) bond motifs is 1. The fourth-order valence-corrected chi connectivity index (χ4v) is 5.10. The molecule has 0 saturated heterocycles. The first-order valence-electron chi connectivity index (χ1n) is 13.5. The van der Waals surface area contributed by atoms with Crippen molar-refractivity contribution in [1.29, 1.82) is 0 Å². The Bertz CT molecular complexity index is 1520. The Labute approximate surface area is 241 Å². The molecule has 220 valence electrons. The average Bonchev–Trinajstić information content (AvgIpc) is 3.00. The van der Waals surface area contributed by atoms with Crippen LogP contribution in [-0.4, -0.2) is 64.3 Å². The number of hydrogen-bond donors (Lipinski definition) is 4. The number of carboxylic acid groups (broad SMARTS) is 2. The number of rotatable bonds is 8. The quantitative estimate of drug-likeness (QED) is 0.221. The summed E-state index contributed by atoms with van der Waals surface area (Å²) < 4.78 is 4.85. The largest absolute Gasteiger partial charge is 0.478 e. The number of aromatic carboxylic acids is 1. The highest BCUT2D eigenvalue weighted by Crippen LogP contribution is 2.38. The van der Waals surface area contributed by atoms with Crippen molar-refractivity contribution in [3.63, 3.8) is 0 Å². The predicted octanol–water partition coefficient (Wildman–Crippen LogP) is 4.52. The van der Waals surface area contributed by atoms with Gasteiger partial charge in [0.2, 0.25) is 0 Å². The minimum absolute atomic E-state index is 0.0412. The Hall–Kier alpha value is -4.97. The van der Waals surface area contributed by atoms with E-state index in [0.29, 0.717) is 16.5 Å². The van der Waals surface area contributed by atoms with Gasteiger partial charge in [-0.05, 0) is 44.0 Å². The van der Waals surface area contributed by atoms with Gasteiger partial charge < -0.3 is 20.3 Å². The zero-order valence-electron chi connectivity index (χ0n) is 23.2. The van der Waals surface area contributed by atoms with Crippen molar-refractivity contribution < 1.29 is 38.9 Å². The van der Waals surface area contributed by atoms with E-state index in [-0.39, 0.29) is 23.0 Å². The highest BCUT2D eigenvalue weighted by atomic mass is 16.5. The van der Waals surface area contributed by atoms with Crippen molar-refractivity contribution in [2.24, 2.45) is 0 Å². The van der Waals surface area contributed by atoms with Crippen LogP contribution in [0.2, 0.25) is 0 Å². The van der Waals surface area contributed by atoms with Crippen molar-refractivity contribution in [3.8, 4) is 0 Å². The Balaban J connectivity index is 1.71. The second-order valence-corrected chi connectivity index (χ2v) is 9.92. The van der Waals surface area contributed by atoms with Gasteiger partial charge in [-0.2, -0.15) is 5.01 Å². The van der Waals surface area contributed by atoms with E-state index in [2.05, 4.69) is 10.7 Å². The lowest BCUT2D eigenvalue weighted by atomic mass is 9.96. The number of hydrazine groups is 1. The number of anilines is 3. The van der Waals surface area contributed by atoms with Gasteiger partial charge in [0.1, 0.15) is 6.04 Å². The van der Waals surface area contributed by atoms with E-state index in [0.717, 1.165) is 42.0 Å². The Morgan fingerprint density at radius 3 is 2.14 bits per heavy atom. The van der Waals surface area contributed by atoms with Crippen molar-refractivity contribution in [2.75, 3.05) is 17.3 Å². The molecule has 0 heterocycles. The number of carbonyl (C=O) groups is 5. The third kappa shape index (κ3) is 6.33. The van der Waals surface area contributed by atoms with Gasteiger partial charge in [0.05, 0.1) is 24.0 Å². The third-order valence-corrected chi connectivity index (χ3v) is 7.14. The number of nitrogens with zero attached hydrogens (tertiary/aromatic N) is 2. The summed E-state index contributed by atoms with van der Waals surface area (Å²) in [5.74, 6) is -5.02. The zero-order valence-corrected chi connectivity index (χ0v) is 23.2. The second kappa shape index (κ2) is 13.1. The first-order valence-corrected chi connectivity index (χ1v) is 13.5. The lowest BCUT2D eigenvalue weighted by Crippen LogP contribution is -2.55. The molecule has 1 saturated carbocycles. The number of hydrogen-bond acceptors (Lipinski definition) is 8. The molecule has 3 aromatic carbocycles. The molecule has 4 N–H and O–H groups in total. The van der Waals surface area contributed by atoms with Crippen LogP contribution in [0, 0.1) is 0 Å². The molecule has 0 radical (unpaired) electrons. The maximum atomic E-state index is 13.4. The average molecular weight is 577 g/mol. The van der Waals surface area contributed by atoms with Crippen LogP contribution in [0.25, 0.3) is 10.8 Å². The van der Waals surface area contributed by atoms with Gasteiger partial charge in [0, 0.05) is 22.5 Å². The number of nitrogens with one attached hydrogen (secondary N) is 2. The monoisotopic (exact) mass is 576 g/mol. The molecule has 1 aliphatic rings. The molecule has 3 aromatic rings. The molecule has 0 unspecified atom stereocenters. The Morgan fingerprint density at radius 1 is 0.857 bits per heavy atom. The van der Waals surface area contributed by atoms with Gasteiger partial charge >= 0.3 is 23.9 Å². The zero-order chi connectivity index (χ0) is 30.4. The van der Waals surface area contributed by atoms with Crippen LogP contribution in [0.4, 0.5) is 21.9 Å². The molecule has 4 rings (SSSR count). The number of benzene rings is 3. The summed E-state index contributed by atoms with van der Waals surface area (Å²) in [6.45, 7) is 1.59. The molecule has 1 aliphatic carbocycles. The third-order valence-electron chi connectivity index (χ3n) is 7.14. The first kappa shape index (κ1) is 30.0. The van der Waals surface area contributed by atoms with Crippen LogP contribution in [-0.2, 0) is 19.1 Å². The van der Waals surface area contributed by atoms with Crippen LogP contribution in [0.15, 0.2) is 60.7 Å². The number of imide groups is 1. The van der Waals surface area contributed by atoms with Gasteiger partial charge in [0.25, 0.3) is 5.91 Å². The minimum atomic E-state index is -1.77. The topological polar surface area (TPSA) is 166 Å². The van der Waals surface area contributed by atoms with E-state index in [1.807, 2.05) is 0 Å². The maximum Gasteiger partial charge on any atom is 0.431 e. The number of ether oxygens (including phenoxy) is 1. The fourth-order valence-electron chi connectivity index (χ4n) is 5.10. The van der Waals surface area contributed by atoms with Gasteiger partial charge in [-0.15, -0.1) is 0 Å². The summed E-state index contributed by atoms with van der Waals surface area (Å²) >= 11 is 0. The molecule has 12 nitrogen and oxygen atoms in total. The molecule has 0 bridgehead atoms. The molecule has 3 amide bonds. The van der Waals surface area contributed by atoms with Crippen molar-refractivity contribution in [3.05, 3.63) is 66.2 Å². The van der Waals surface area contributed by atoms with E-state index < -0.39 is 35.9 Å². The van der Waals surface area contributed by atoms with E-state index in [9.17, 15) is 34.2 Å². The SMILES string of the molecule is COC(=O)N(NC1CCCCC1)C(=O)[C@H](C)Nc1ccc(N(C(=O)C(=O)O)c2ccccc2C(=O)O)c2ccccc12. The number of para-hydroxylation sites is 1. The maximum absolute atomic E-state index is 13.4. The summed E-state index contributed by atoms with van der Waals surface area (Å²) in [6, 6.07) is 14.5. The number of amides is 3. The van der Waals surface area contributed by atoms with Gasteiger partial charge in [-0.25, -0.2) is 19.8 Å². The van der Waals surface area contributed by atoms with E-state index in [4.69, 9.17) is 4.74 Å². The normalized spacial score (nSPS) is 14.0. The Kier molecular flexibility index (Phi) is 9.38. The standard InChI is InChI=1S/C30H32N4O8/c1-18(26(35)34(30(41)42-2)32-19-10-4-3-5-11-19)31-23-16-17-25(21-13-7-6-12-20(21)23)33(27(36)29(39)40)24-15-9-8-14-22(24)28(37)38/h6-9,12-19,31-32H,3-5,10-11H2,1-2H3,(H,37,38)(H,39,40)/t18-/m0/s1. The summed E-state index contributed by atoms with van der Waals surface area (Å²) in [4.78, 5) is 63.5. The highest BCUT2D eigenvalue weighted by molar-refractivity contribution is 6.40. The summed E-state index contributed by atoms with van der Waals surface area (Å²) in [7, 11) is 1.20. The number of carboxylic acids is 2. The smallest absolute Gasteiger partial charge is 0.431 e. The minimum Gasteiger partial charge on any atom is -0.478 e. The van der Waals surface area contributed by atoms with Gasteiger partial charge in [-0.1, -0.05) is 55.7 Å². The lowest BCUT2D eigenvalue weighted by Gasteiger charge is -2.31. The number of carbonyl (C=O) groups excluding carboxylic acids is 3. The van der Waals surface area contributed by atoms with Crippen molar-refractivity contribution >= 4 is 57.7 Å². The molecule has 0 spiro atoms. The summed E-state index contributed by atoms with van der Waals surface area (Å²) in [5.41, 5.74) is 3.23. The fraction of sp³-hybridized carbons (Fsp3) is 0.300. The molecule has 1 atom stereocenters. The van der Waals surface area contributed by atoms with Crippen LogP contribution in [0.5, 0.6) is 0 Å². The van der Waals surface area contributed by atoms with Crippen LogP contribution < -0.4 is 15.6 Å². The van der Waals surface area contributed by atoms with E-state index in [1.54, 1.807) is 37.3 Å². The van der Waals surface area contributed by atoms with Gasteiger partial charge in [-0.3, -0.25) is 14.5 Å². The van der Waals surface area contributed by atoms with Crippen LogP contribution >= 0.6 is 0 Å². The van der Waals surface area contributed by atoms with Crippen LogP contribution in [0.1, 0.15) is 49.4 Å². The summed E-state index contributed by atoms with van der Waals surface area (Å²) in [5, 5.41) is 24.3. The number of methoxy groups -OCH3 is 1. The molecular weight excluding hydrogens is 544 g/mol. The van der Waals surface area contributed by atoms with Crippen molar-refractivity contribution in [2.45, 2.75) is 51.1 Å². The Morgan fingerprint density at radius 2 is 1.50 bits per heavy atom.